The number of aryl methyl sites for hydroxylation is 1. The summed E-state index contributed by atoms with van der Waals surface area (Å²) >= 11 is 0. The minimum Gasteiger partial charge on any atom is -0.351 e. The van der Waals surface area contributed by atoms with E-state index in [0.717, 1.165) is 0 Å². The van der Waals surface area contributed by atoms with Crippen LogP contribution in [0.1, 0.15) is 63.1 Å². The summed E-state index contributed by atoms with van der Waals surface area (Å²) in [5, 5.41) is 0. The molecular weight excluding hydrogens is 316 g/mol. The van der Waals surface area contributed by atoms with Crippen LogP contribution in [-0.2, 0) is 0 Å². The van der Waals surface area contributed by atoms with Crippen molar-refractivity contribution in [2.75, 3.05) is 4.90 Å². The van der Waals surface area contributed by atoms with Gasteiger partial charge in [-0.2, -0.15) is 0 Å². The van der Waals surface area contributed by atoms with E-state index in [4.69, 9.17) is 0 Å². The van der Waals surface area contributed by atoms with Gasteiger partial charge in [0.15, 0.2) is 0 Å². The highest BCUT2D eigenvalue weighted by molar-refractivity contribution is 5.56. The van der Waals surface area contributed by atoms with Crippen LogP contribution in [0.2, 0.25) is 0 Å². The molecule has 1 aliphatic carbocycles. The molecule has 138 valence electrons. The van der Waals surface area contributed by atoms with Crippen LogP contribution in [-0.4, -0.2) is 23.1 Å². The van der Waals surface area contributed by atoms with Crippen molar-refractivity contribution in [3.05, 3.63) is 65.7 Å². The maximum Gasteiger partial charge on any atom is 0.0804 e. The molecule has 1 saturated carbocycles. The van der Waals surface area contributed by atoms with Gasteiger partial charge in [-0.15, -0.1) is 0 Å². The summed E-state index contributed by atoms with van der Waals surface area (Å²) in [5.41, 5.74) is 4.24. The first-order chi connectivity index (χ1) is 12.7. The third-order valence-electron chi connectivity index (χ3n) is 6.58. The molecule has 2 nitrogen and oxygen atoms in total. The standard InChI is InChI=1S/C24H32N2/c1-18-12-10-11-17-23(18)25-19(2)24(21-13-6-4-7-14-21)26(20(25)3)22-15-8-5-9-16-22/h4,6-7,10-14,17,19-20,22,24H,5,8-9,15-16H2,1-3H3/t19-,20?,24?/m0/s1. The van der Waals surface area contributed by atoms with E-state index < -0.39 is 0 Å². The SMILES string of the molecule is Cc1ccccc1N1C(C)N(C2CCCCC2)C(c2ccccc2)[C@@H]1C. The van der Waals surface area contributed by atoms with Gasteiger partial charge in [0.1, 0.15) is 0 Å². The molecule has 0 radical (unpaired) electrons. The van der Waals surface area contributed by atoms with Crippen molar-refractivity contribution < 1.29 is 0 Å². The van der Waals surface area contributed by atoms with Crippen molar-refractivity contribution in [2.24, 2.45) is 0 Å². The zero-order chi connectivity index (χ0) is 18.1. The Hall–Kier alpha value is -1.80. The Morgan fingerprint density at radius 2 is 1.46 bits per heavy atom. The number of nitrogens with zero attached hydrogens (tertiary/aromatic N) is 2. The quantitative estimate of drug-likeness (QED) is 0.679. The first-order valence-electron chi connectivity index (χ1n) is 10.3. The van der Waals surface area contributed by atoms with Crippen molar-refractivity contribution in [1.29, 1.82) is 0 Å². The molecule has 0 aromatic heterocycles. The van der Waals surface area contributed by atoms with Gasteiger partial charge in [-0.05, 0) is 50.8 Å². The molecule has 3 atom stereocenters. The Kier molecular flexibility index (Phi) is 5.04. The van der Waals surface area contributed by atoms with E-state index in [-0.39, 0.29) is 0 Å². The molecule has 2 aliphatic rings. The summed E-state index contributed by atoms with van der Waals surface area (Å²) in [7, 11) is 0. The Balaban J connectivity index is 1.75. The molecule has 2 heteroatoms. The predicted molar refractivity (Wildman–Crippen MR) is 110 cm³/mol. The minimum atomic E-state index is 0.430. The number of rotatable bonds is 3. The van der Waals surface area contributed by atoms with Crippen molar-refractivity contribution in [3.8, 4) is 0 Å². The summed E-state index contributed by atoms with van der Waals surface area (Å²) in [6.07, 6.45) is 7.30. The number of hydrogen-bond acceptors (Lipinski definition) is 2. The lowest BCUT2D eigenvalue weighted by atomic mass is 9.91. The number of benzene rings is 2. The van der Waals surface area contributed by atoms with Gasteiger partial charge in [-0.1, -0.05) is 67.8 Å². The molecular formula is C24H32N2. The Morgan fingerprint density at radius 3 is 2.15 bits per heavy atom. The average molecular weight is 349 g/mol. The molecule has 4 rings (SSSR count). The van der Waals surface area contributed by atoms with Crippen LogP contribution >= 0.6 is 0 Å². The molecule has 2 unspecified atom stereocenters. The zero-order valence-corrected chi connectivity index (χ0v) is 16.4. The fourth-order valence-electron chi connectivity index (χ4n) is 5.40. The summed E-state index contributed by atoms with van der Waals surface area (Å²) in [6, 6.07) is 21.7. The van der Waals surface area contributed by atoms with Crippen LogP contribution in [0.3, 0.4) is 0 Å². The van der Waals surface area contributed by atoms with Crippen LogP contribution in [0.4, 0.5) is 5.69 Å². The molecule has 26 heavy (non-hydrogen) atoms. The molecule has 0 bridgehead atoms. The summed E-state index contributed by atoms with van der Waals surface area (Å²) in [4.78, 5) is 5.51. The second-order valence-electron chi connectivity index (χ2n) is 8.16. The van der Waals surface area contributed by atoms with E-state index in [2.05, 4.69) is 85.2 Å². The predicted octanol–water partition coefficient (Wildman–Crippen LogP) is 5.93. The molecule has 1 heterocycles. The van der Waals surface area contributed by atoms with Gasteiger partial charge in [-0.3, -0.25) is 4.90 Å². The topological polar surface area (TPSA) is 6.48 Å². The van der Waals surface area contributed by atoms with Gasteiger partial charge in [0, 0.05) is 17.8 Å². The van der Waals surface area contributed by atoms with Crippen LogP contribution in [0.5, 0.6) is 0 Å². The minimum absolute atomic E-state index is 0.430. The van der Waals surface area contributed by atoms with Crippen LogP contribution < -0.4 is 4.90 Å². The third kappa shape index (κ3) is 3.05. The Morgan fingerprint density at radius 1 is 0.808 bits per heavy atom. The zero-order valence-electron chi connectivity index (χ0n) is 16.4. The van der Waals surface area contributed by atoms with E-state index in [0.29, 0.717) is 24.3 Å². The molecule has 2 aromatic carbocycles. The van der Waals surface area contributed by atoms with E-state index in [1.54, 1.807) is 0 Å². The fourth-order valence-corrected chi connectivity index (χ4v) is 5.40. The second-order valence-corrected chi connectivity index (χ2v) is 8.16. The molecule has 0 N–H and O–H groups in total. The lowest BCUT2D eigenvalue weighted by molar-refractivity contribution is 0.103. The van der Waals surface area contributed by atoms with Crippen molar-refractivity contribution in [3.63, 3.8) is 0 Å². The number of hydrogen-bond donors (Lipinski definition) is 0. The summed E-state index contributed by atoms with van der Waals surface area (Å²) < 4.78 is 0. The fraction of sp³-hybridized carbons (Fsp3) is 0.500. The van der Waals surface area contributed by atoms with Crippen LogP contribution in [0, 0.1) is 6.92 Å². The molecule has 2 fully saturated rings. The van der Waals surface area contributed by atoms with Crippen molar-refractivity contribution in [2.45, 2.75) is 77.2 Å². The molecule has 0 amide bonds. The molecule has 2 aromatic rings. The van der Waals surface area contributed by atoms with Gasteiger partial charge < -0.3 is 4.90 Å². The highest BCUT2D eigenvalue weighted by atomic mass is 15.5. The number of para-hydroxylation sites is 1. The molecule has 1 aliphatic heterocycles. The molecule has 1 saturated heterocycles. The van der Waals surface area contributed by atoms with Gasteiger partial charge >= 0.3 is 0 Å². The second kappa shape index (κ2) is 7.44. The van der Waals surface area contributed by atoms with Crippen LogP contribution in [0.25, 0.3) is 0 Å². The summed E-state index contributed by atoms with van der Waals surface area (Å²) in [6.45, 7) is 7.08. The van der Waals surface area contributed by atoms with Crippen molar-refractivity contribution >= 4 is 5.69 Å². The van der Waals surface area contributed by atoms with Crippen LogP contribution in [0.15, 0.2) is 54.6 Å². The lowest BCUT2D eigenvalue weighted by Crippen LogP contribution is -2.44. The van der Waals surface area contributed by atoms with E-state index >= 15 is 0 Å². The largest absolute Gasteiger partial charge is 0.351 e. The van der Waals surface area contributed by atoms with E-state index in [1.165, 1.54) is 48.9 Å². The smallest absolute Gasteiger partial charge is 0.0804 e. The average Bonchev–Trinajstić information content (AvgIpc) is 2.94. The van der Waals surface area contributed by atoms with Gasteiger partial charge in [0.25, 0.3) is 0 Å². The normalized spacial score (nSPS) is 27.8. The maximum absolute atomic E-state index is 2.84. The van der Waals surface area contributed by atoms with E-state index in [1.807, 2.05) is 0 Å². The number of anilines is 1. The Bertz CT molecular complexity index is 720. The monoisotopic (exact) mass is 348 g/mol. The van der Waals surface area contributed by atoms with E-state index in [9.17, 15) is 0 Å². The van der Waals surface area contributed by atoms with Gasteiger partial charge in [-0.25, -0.2) is 0 Å². The summed E-state index contributed by atoms with van der Waals surface area (Å²) in [5.74, 6) is 0. The first-order valence-corrected chi connectivity index (χ1v) is 10.3. The third-order valence-corrected chi connectivity index (χ3v) is 6.58. The Labute approximate surface area is 158 Å². The van der Waals surface area contributed by atoms with Gasteiger partial charge in [0.2, 0.25) is 0 Å². The molecule has 0 spiro atoms. The highest BCUT2D eigenvalue weighted by Gasteiger charge is 2.46. The highest BCUT2D eigenvalue weighted by Crippen LogP contribution is 2.44. The maximum atomic E-state index is 2.84. The first kappa shape index (κ1) is 17.6. The lowest BCUT2D eigenvalue weighted by Gasteiger charge is -2.39. The van der Waals surface area contributed by atoms with Crippen molar-refractivity contribution in [1.82, 2.24) is 4.90 Å². The van der Waals surface area contributed by atoms with Gasteiger partial charge in [0.05, 0.1) is 12.2 Å².